The molecule has 228 valence electrons. The van der Waals surface area contributed by atoms with Crippen LogP contribution in [-0.2, 0) is 17.9 Å². The average Bonchev–Trinajstić information content (AvgIpc) is 3.07. The molecule has 2 N–H and O–H groups in total. The van der Waals surface area contributed by atoms with E-state index in [4.69, 9.17) is 14.2 Å². The second-order valence-corrected chi connectivity index (χ2v) is 11.2. The molecule has 2 amide bonds. The number of nitriles is 1. The molecular weight excluding hydrogens is 568 g/mol. The van der Waals surface area contributed by atoms with Gasteiger partial charge in [-0.2, -0.15) is 5.26 Å². The van der Waals surface area contributed by atoms with Crippen molar-refractivity contribution < 1.29 is 23.8 Å². The third-order valence-electron chi connectivity index (χ3n) is 8.16. The van der Waals surface area contributed by atoms with Gasteiger partial charge in [0.2, 0.25) is 0 Å². The molecule has 4 aromatic rings. The molecule has 2 atom stereocenters. The Morgan fingerprint density at radius 1 is 0.956 bits per heavy atom. The van der Waals surface area contributed by atoms with Crippen molar-refractivity contribution in [2.45, 2.75) is 31.7 Å². The molecule has 7 rings (SSSR count). The van der Waals surface area contributed by atoms with E-state index in [0.29, 0.717) is 54.4 Å². The topological polar surface area (TPSA) is 113 Å². The molecule has 6 bridgehead atoms. The van der Waals surface area contributed by atoms with E-state index >= 15 is 0 Å². The fraction of sp³-hybridized carbons (Fsp3) is 0.250. The summed E-state index contributed by atoms with van der Waals surface area (Å²) in [6.07, 6.45) is 0.400. The van der Waals surface area contributed by atoms with Gasteiger partial charge in [0.25, 0.3) is 11.8 Å². The summed E-state index contributed by atoms with van der Waals surface area (Å²) in [5.41, 5.74) is 4.50. The van der Waals surface area contributed by atoms with E-state index < -0.39 is 0 Å². The van der Waals surface area contributed by atoms with E-state index in [1.807, 2.05) is 66.7 Å². The van der Waals surface area contributed by atoms with Crippen molar-refractivity contribution in [3.8, 4) is 34.4 Å². The Hall–Kier alpha value is -5.33. The average molecular weight is 603 g/mol. The maximum absolute atomic E-state index is 13.8. The van der Waals surface area contributed by atoms with Crippen LogP contribution in [0.2, 0.25) is 0 Å². The Balaban J connectivity index is 1.33. The normalized spacial score (nSPS) is 18.7. The minimum atomic E-state index is -0.327. The molecule has 0 aromatic heterocycles. The molecule has 45 heavy (non-hydrogen) atoms. The monoisotopic (exact) mass is 602 g/mol. The van der Waals surface area contributed by atoms with Crippen LogP contribution in [0.3, 0.4) is 0 Å². The first kappa shape index (κ1) is 29.7. The van der Waals surface area contributed by atoms with Crippen LogP contribution in [0, 0.1) is 11.3 Å². The van der Waals surface area contributed by atoms with Gasteiger partial charge in [0.1, 0.15) is 23.4 Å². The maximum atomic E-state index is 13.8. The number of nitrogens with zero attached hydrogens (tertiary/aromatic N) is 2. The summed E-state index contributed by atoms with van der Waals surface area (Å²) >= 11 is 0. The van der Waals surface area contributed by atoms with Crippen molar-refractivity contribution in [3.05, 3.63) is 113 Å². The van der Waals surface area contributed by atoms with E-state index in [2.05, 4.69) is 21.6 Å². The Morgan fingerprint density at radius 2 is 1.80 bits per heavy atom. The van der Waals surface area contributed by atoms with Crippen molar-refractivity contribution in [1.82, 2.24) is 15.5 Å². The molecule has 3 heterocycles. The van der Waals surface area contributed by atoms with Gasteiger partial charge in [-0.25, -0.2) is 0 Å². The lowest BCUT2D eigenvalue weighted by Gasteiger charge is -2.39. The van der Waals surface area contributed by atoms with Gasteiger partial charge in [0.05, 0.1) is 24.8 Å². The Kier molecular flexibility index (Phi) is 8.94. The summed E-state index contributed by atoms with van der Waals surface area (Å²) in [6, 6.07) is 29.8. The molecule has 9 heteroatoms. The van der Waals surface area contributed by atoms with E-state index in [1.54, 1.807) is 31.4 Å². The van der Waals surface area contributed by atoms with Crippen LogP contribution in [-0.4, -0.2) is 55.7 Å². The smallest absolute Gasteiger partial charge is 0.258 e. The van der Waals surface area contributed by atoms with E-state index in [1.165, 1.54) is 0 Å². The lowest BCUT2D eigenvalue weighted by atomic mass is 9.98. The van der Waals surface area contributed by atoms with Crippen LogP contribution >= 0.6 is 0 Å². The van der Waals surface area contributed by atoms with Crippen LogP contribution in [0.1, 0.15) is 33.5 Å². The highest BCUT2D eigenvalue weighted by molar-refractivity contribution is 5.96. The molecule has 0 aliphatic carbocycles. The summed E-state index contributed by atoms with van der Waals surface area (Å²) in [7, 11) is 1.59. The van der Waals surface area contributed by atoms with Crippen molar-refractivity contribution >= 4 is 11.8 Å². The van der Waals surface area contributed by atoms with Gasteiger partial charge in [0, 0.05) is 37.3 Å². The number of carbonyl (C=O) groups excluding carboxylic acids is 2. The van der Waals surface area contributed by atoms with Gasteiger partial charge in [-0.15, -0.1) is 0 Å². The first-order valence-corrected chi connectivity index (χ1v) is 14.9. The number of hydrogen-bond acceptors (Lipinski definition) is 7. The highest BCUT2D eigenvalue weighted by Gasteiger charge is 2.33. The molecule has 9 nitrogen and oxygen atoms in total. The van der Waals surface area contributed by atoms with Crippen LogP contribution in [0.15, 0.2) is 91.0 Å². The van der Waals surface area contributed by atoms with Crippen molar-refractivity contribution in [3.63, 3.8) is 0 Å². The largest absolute Gasteiger partial charge is 0.496 e. The molecule has 1 fully saturated rings. The Bertz CT molecular complexity index is 1730. The highest BCUT2D eigenvalue weighted by atomic mass is 16.5. The van der Waals surface area contributed by atoms with Crippen molar-refractivity contribution in [2.75, 3.05) is 26.8 Å². The fourth-order valence-electron chi connectivity index (χ4n) is 5.77. The van der Waals surface area contributed by atoms with Crippen LogP contribution in [0.4, 0.5) is 0 Å². The quantitative estimate of drug-likeness (QED) is 0.350. The van der Waals surface area contributed by atoms with Gasteiger partial charge in [0.15, 0.2) is 6.61 Å². The number of hydrogen-bond donors (Lipinski definition) is 2. The Labute approximate surface area is 262 Å². The lowest BCUT2D eigenvalue weighted by molar-refractivity contribution is -0.123. The molecule has 4 aromatic carbocycles. The van der Waals surface area contributed by atoms with Gasteiger partial charge >= 0.3 is 0 Å². The van der Waals surface area contributed by atoms with Gasteiger partial charge < -0.3 is 24.8 Å². The number of nitrogens with one attached hydrogen (secondary N) is 2. The summed E-state index contributed by atoms with van der Waals surface area (Å²) in [5, 5.41) is 15.8. The highest BCUT2D eigenvalue weighted by Crippen LogP contribution is 2.33. The number of benzene rings is 4. The van der Waals surface area contributed by atoms with Crippen LogP contribution in [0.5, 0.6) is 17.2 Å². The van der Waals surface area contributed by atoms with Gasteiger partial charge in [-0.3, -0.25) is 14.5 Å². The minimum Gasteiger partial charge on any atom is -0.496 e. The molecule has 3 aliphatic heterocycles. The summed E-state index contributed by atoms with van der Waals surface area (Å²) < 4.78 is 17.9. The van der Waals surface area contributed by atoms with Crippen molar-refractivity contribution in [1.29, 1.82) is 5.26 Å². The molecule has 0 radical (unpaired) electrons. The van der Waals surface area contributed by atoms with Crippen molar-refractivity contribution in [2.24, 2.45) is 0 Å². The van der Waals surface area contributed by atoms with Crippen LogP contribution < -0.4 is 24.8 Å². The zero-order chi connectivity index (χ0) is 31.2. The number of piperidine rings is 1. The molecule has 3 aliphatic rings. The number of rotatable bonds is 3. The van der Waals surface area contributed by atoms with E-state index in [0.717, 1.165) is 28.8 Å². The molecular formula is C36H34N4O5. The number of ether oxygens (including phenoxy) is 3. The number of methoxy groups -OCH3 is 1. The predicted octanol–water partition coefficient (Wildman–Crippen LogP) is 4.69. The van der Waals surface area contributed by atoms with Gasteiger partial charge in [-0.05, 0) is 71.6 Å². The standard InChI is InChI=1S/C36H34N4O5/c1-43-33-14-11-26-18-31(33)25-7-4-8-30(17-25)44-23-35(41)38-20-24-9-12-29(13-10-24)45-34-15-16-40(22-32(34)39-36(26)42)21-28-6-3-2-5-27(28)19-37/h2-14,17-18,32,34H,15-16,20-23H2,1H3,(H,38,41)(H,39,42)/t32-,34-/m1/s1. The first-order valence-electron chi connectivity index (χ1n) is 14.9. The van der Waals surface area contributed by atoms with Gasteiger partial charge in [-0.1, -0.05) is 42.5 Å². The zero-order valence-electron chi connectivity index (χ0n) is 25.0. The van der Waals surface area contributed by atoms with Crippen LogP contribution in [0.25, 0.3) is 11.1 Å². The molecule has 1 saturated heterocycles. The molecule has 0 spiro atoms. The first-order chi connectivity index (χ1) is 22.0. The summed E-state index contributed by atoms with van der Waals surface area (Å²) in [6.45, 7) is 2.10. The lowest BCUT2D eigenvalue weighted by Crippen LogP contribution is -2.56. The predicted molar refractivity (Wildman–Crippen MR) is 169 cm³/mol. The maximum Gasteiger partial charge on any atom is 0.258 e. The third kappa shape index (κ3) is 7.08. The zero-order valence-corrected chi connectivity index (χ0v) is 25.0. The third-order valence-corrected chi connectivity index (χ3v) is 8.16. The van der Waals surface area contributed by atoms with E-state index in [9.17, 15) is 14.9 Å². The number of carbonyl (C=O) groups is 2. The molecule has 0 unspecified atom stereocenters. The summed E-state index contributed by atoms with van der Waals surface area (Å²) in [5.74, 6) is 1.34. The SMILES string of the molecule is COc1ccc2cc1-c1cccc(c1)OCC(=O)NCc1ccc(cc1)O[C@@H]1CCN(Cc3ccccc3C#N)C[C@H]1NC2=O. The minimum absolute atomic E-state index is 0.133. The summed E-state index contributed by atoms with van der Waals surface area (Å²) in [4.78, 5) is 28.6. The number of likely N-dealkylation sites (tertiary alicyclic amines) is 1. The Morgan fingerprint density at radius 3 is 2.62 bits per heavy atom. The second kappa shape index (κ2) is 13.5. The molecule has 0 saturated carbocycles. The second-order valence-electron chi connectivity index (χ2n) is 11.2. The fourth-order valence-corrected chi connectivity index (χ4v) is 5.77. The van der Waals surface area contributed by atoms with E-state index in [-0.39, 0.29) is 30.6 Å². The number of amides is 2. The number of fused-ring (bicyclic) bond motifs is 7.